The summed E-state index contributed by atoms with van der Waals surface area (Å²) in [5.41, 5.74) is 2.02. The number of hydrogen-bond donors (Lipinski definition) is 2. The Hall–Kier alpha value is -3.55. The lowest BCUT2D eigenvalue weighted by Gasteiger charge is -2.10. The molecule has 0 spiro atoms. The van der Waals surface area contributed by atoms with Crippen molar-refractivity contribution in [3.05, 3.63) is 52.4 Å². The lowest BCUT2D eigenvalue weighted by molar-refractivity contribution is -0.140. The minimum absolute atomic E-state index is 0.0191. The average Bonchev–Trinajstić information content (AvgIpc) is 3.00. The van der Waals surface area contributed by atoms with Crippen LogP contribution in [0.1, 0.15) is 44.6 Å². The van der Waals surface area contributed by atoms with Crippen molar-refractivity contribution >= 4 is 23.8 Å². The third kappa shape index (κ3) is 4.84. The Balaban J connectivity index is 2.10. The molecule has 154 valence electrons. The van der Waals surface area contributed by atoms with Crippen molar-refractivity contribution in [1.29, 1.82) is 0 Å². The van der Waals surface area contributed by atoms with Gasteiger partial charge in [0.25, 0.3) is 0 Å². The number of esters is 2. The molecule has 0 aliphatic heterocycles. The Morgan fingerprint density at radius 3 is 2.48 bits per heavy atom. The van der Waals surface area contributed by atoms with E-state index in [0.29, 0.717) is 16.8 Å². The van der Waals surface area contributed by atoms with Crippen molar-refractivity contribution in [3.63, 3.8) is 0 Å². The number of aromatic amines is 1. The molecule has 1 atom stereocenters. The molecular formula is C21H23NO7. The van der Waals surface area contributed by atoms with E-state index in [0.717, 1.165) is 0 Å². The molecule has 8 heteroatoms. The first-order chi connectivity index (χ1) is 13.7. The molecule has 0 radical (unpaired) electrons. The summed E-state index contributed by atoms with van der Waals surface area (Å²) in [6.45, 7) is 4.72. The Kier molecular flexibility index (Phi) is 6.82. The predicted octanol–water partition coefficient (Wildman–Crippen LogP) is 2.96. The van der Waals surface area contributed by atoms with Gasteiger partial charge in [0.05, 0.1) is 25.5 Å². The third-order valence-electron chi connectivity index (χ3n) is 4.35. The summed E-state index contributed by atoms with van der Waals surface area (Å²) in [4.78, 5) is 39.4. The molecule has 0 fully saturated rings. The summed E-state index contributed by atoms with van der Waals surface area (Å²) < 4.78 is 14.9. The number of ether oxygens (including phenoxy) is 3. The molecule has 2 rings (SSSR count). The second-order valence-corrected chi connectivity index (χ2v) is 6.32. The fraction of sp³-hybridized carbons (Fsp3) is 0.286. The van der Waals surface area contributed by atoms with E-state index in [2.05, 4.69) is 4.98 Å². The van der Waals surface area contributed by atoms with Crippen LogP contribution in [0.15, 0.2) is 24.3 Å². The monoisotopic (exact) mass is 401 g/mol. The van der Waals surface area contributed by atoms with Gasteiger partial charge in [-0.3, -0.25) is 4.79 Å². The normalized spacial score (nSPS) is 11.9. The van der Waals surface area contributed by atoms with E-state index in [-0.39, 0.29) is 22.8 Å². The lowest BCUT2D eigenvalue weighted by atomic mass is 10.1. The summed E-state index contributed by atoms with van der Waals surface area (Å²) in [5, 5.41) is 9.58. The van der Waals surface area contributed by atoms with Gasteiger partial charge >= 0.3 is 11.9 Å². The third-order valence-corrected chi connectivity index (χ3v) is 4.35. The van der Waals surface area contributed by atoms with Crippen molar-refractivity contribution < 1.29 is 33.7 Å². The number of phenols is 1. The Bertz CT molecular complexity index is 972. The predicted molar refractivity (Wildman–Crippen MR) is 105 cm³/mol. The number of ketones is 1. The zero-order chi connectivity index (χ0) is 21.7. The number of methoxy groups -OCH3 is 2. The van der Waals surface area contributed by atoms with Crippen molar-refractivity contribution in [1.82, 2.24) is 4.98 Å². The average molecular weight is 401 g/mol. The summed E-state index contributed by atoms with van der Waals surface area (Å²) in [5.74, 6) is -1.48. The van der Waals surface area contributed by atoms with Crippen LogP contribution in [0.4, 0.5) is 0 Å². The highest BCUT2D eigenvalue weighted by Crippen LogP contribution is 2.26. The highest BCUT2D eigenvalue weighted by atomic mass is 16.5. The summed E-state index contributed by atoms with van der Waals surface area (Å²) in [6.07, 6.45) is 1.58. The zero-order valence-corrected chi connectivity index (χ0v) is 16.9. The van der Waals surface area contributed by atoms with Crippen LogP contribution in [0.25, 0.3) is 6.08 Å². The highest BCUT2D eigenvalue weighted by molar-refractivity contribution is 6.04. The van der Waals surface area contributed by atoms with Gasteiger partial charge in [-0.15, -0.1) is 0 Å². The largest absolute Gasteiger partial charge is 0.504 e. The first-order valence-electron chi connectivity index (χ1n) is 8.77. The number of phenolic OH excluding ortho intramolecular Hbond substituents is 1. The molecule has 2 N–H and O–H groups in total. The number of aromatic nitrogens is 1. The maximum atomic E-state index is 12.6. The Morgan fingerprint density at radius 1 is 1.17 bits per heavy atom. The fourth-order valence-corrected chi connectivity index (χ4v) is 2.84. The van der Waals surface area contributed by atoms with E-state index in [4.69, 9.17) is 14.2 Å². The second kappa shape index (κ2) is 9.09. The molecule has 0 bridgehead atoms. The van der Waals surface area contributed by atoms with E-state index < -0.39 is 23.8 Å². The summed E-state index contributed by atoms with van der Waals surface area (Å²) >= 11 is 0. The number of hydrogen-bond acceptors (Lipinski definition) is 7. The molecule has 0 amide bonds. The van der Waals surface area contributed by atoms with Gasteiger partial charge in [-0.25, -0.2) is 9.59 Å². The standard InChI is InChI=1S/C21H23NO7/c1-11-18(21(26)28-5)12(2)22-19(11)20(25)13(3)29-17(24)9-7-14-6-8-15(23)16(10-14)27-4/h6-10,13,22-23H,1-5H3/b9-7+. The minimum Gasteiger partial charge on any atom is -0.504 e. The van der Waals surface area contributed by atoms with Crippen LogP contribution in [-0.2, 0) is 14.3 Å². The molecule has 0 saturated heterocycles. The van der Waals surface area contributed by atoms with Crippen molar-refractivity contribution in [2.75, 3.05) is 14.2 Å². The van der Waals surface area contributed by atoms with Crippen LogP contribution < -0.4 is 4.74 Å². The number of H-pyrrole nitrogens is 1. The molecule has 1 aromatic heterocycles. The minimum atomic E-state index is -1.07. The van der Waals surface area contributed by atoms with Crippen molar-refractivity contribution in [2.45, 2.75) is 26.9 Å². The number of nitrogens with one attached hydrogen (secondary N) is 1. The van der Waals surface area contributed by atoms with Gasteiger partial charge in [0.1, 0.15) is 0 Å². The molecule has 1 aromatic carbocycles. The van der Waals surface area contributed by atoms with Crippen LogP contribution in [0, 0.1) is 13.8 Å². The van der Waals surface area contributed by atoms with Crippen molar-refractivity contribution in [3.8, 4) is 11.5 Å². The number of aromatic hydroxyl groups is 1. The highest BCUT2D eigenvalue weighted by Gasteiger charge is 2.26. The van der Waals surface area contributed by atoms with E-state index in [1.807, 2.05) is 0 Å². The molecular weight excluding hydrogens is 378 g/mol. The van der Waals surface area contributed by atoms with E-state index in [1.54, 1.807) is 26.0 Å². The smallest absolute Gasteiger partial charge is 0.339 e. The summed E-state index contributed by atoms with van der Waals surface area (Å²) in [7, 11) is 2.68. The molecule has 0 saturated carbocycles. The van der Waals surface area contributed by atoms with Gasteiger partial charge in [0, 0.05) is 11.8 Å². The maximum absolute atomic E-state index is 12.6. The molecule has 1 heterocycles. The quantitative estimate of drug-likeness (QED) is 0.416. The zero-order valence-electron chi connectivity index (χ0n) is 16.9. The number of aryl methyl sites for hydroxylation is 1. The van der Waals surface area contributed by atoms with Crippen LogP contribution in [0.3, 0.4) is 0 Å². The first-order valence-corrected chi connectivity index (χ1v) is 8.77. The second-order valence-electron chi connectivity index (χ2n) is 6.32. The SMILES string of the molecule is COC(=O)c1c(C)[nH]c(C(=O)C(C)OC(=O)/C=C/c2ccc(O)c(OC)c2)c1C. The molecule has 0 aliphatic carbocycles. The van der Waals surface area contributed by atoms with Gasteiger partial charge in [-0.05, 0) is 50.1 Å². The number of carbonyl (C=O) groups excluding carboxylic acids is 3. The van der Waals surface area contributed by atoms with Crippen LogP contribution in [-0.4, -0.2) is 48.1 Å². The lowest BCUT2D eigenvalue weighted by Crippen LogP contribution is -2.24. The first kappa shape index (κ1) is 21.7. The molecule has 29 heavy (non-hydrogen) atoms. The number of rotatable bonds is 7. The van der Waals surface area contributed by atoms with Gasteiger partial charge < -0.3 is 24.3 Å². The Morgan fingerprint density at radius 2 is 1.86 bits per heavy atom. The number of benzene rings is 1. The maximum Gasteiger partial charge on any atom is 0.339 e. The fourth-order valence-electron chi connectivity index (χ4n) is 2.84. The molecule has 0 aliphatic rings. The number of Topliss-reactive ketones (excluding diaryl/α,β-unsaturated/α-hetero) is 1. The van der Waals surface area contributed by atoms with Crippen molar-refractivity contribution in [2.24, 2.45) is 0 Å². The number of carbonyl (C=O) groups is 3. The van der Waals surface area contributed by atoms with Crippen LogP contribution >= 0.6 is 0 Å². The molecule has 2 aromatic rings. The molecule has 8 nitrogen and oxygen atoms in total. The topological polar surface area (TPSA) is 115 Å². The van der Waals surface area contributed by atoms with Crippen LogP contribution in [0.5, 0.6) is 11.5 Å². The van der Waals surface area contributed by atoms with Gasteiger partial charge in [-0.2, -0.15) is 0 Å². The van der Waals surface area contributed by atoms with E-state index in [9.17, 15) is 19.5 Å². The van der Waals surface area contributed by atoms with Gasteiger partial charge in [-0.1, -0.05) is 6.07 Å². The van der Waals surface area contributed by atoms with Gasteiger partial charge in [0.2, 0.25) is 5.78 Å². The van der Waals surface area contributed by atoms with Crippen LogP contribution in [0.2, 0.25) is 0 Å². The Labute approximate surface area is 168 Å². The van der Waals surface area contributed by atoms with E-state index >= 15 is 0 Å². The van der Waals surface area contributed by atoms with E-state index in [1.165, 1.54) is 39.4 Å². The molecule has 1 unspecified atom stereocenters. The summed E-state index contributed by atoms with van der Waals surface area (Å²) in [6, 6.07) is 4.58. The van der Waals surface area contributed by atoms with Gasteiger partial charge in [0.15, 0.2) is 17.6 Å².